The van der Waals surface area contributed by atoms with Gasteiger partial charge in [0.05, 0.1) is 6.61 Å². The molecule has 0 spiro atoms. The van der Waals surface area contributed by atoms with Gasteiger partial charge in [-0.25, -0.2) is 0 Å². The molecular formula is C11H20O6. The van der Waals surface area contributed by atoms with Gasteiger partial charge in [-0.2, -0.15) is 0 Å². The summed E-state index contributed by atoms with van der Waals surface area (Å²) in [5.41, 5.74) is 0. The van der Waals surface area contributed by atoms with Crippen LogP contribution in [0.1, 0.15) is 12.8 Å². The minimum absolute atomic E-state index is 0.324. The van der Waals surface area contributed by atoms with E-state index < -0.39 is 37.3 Å². The fraction of sp³-hybridized carbons (Fsp3) is 0.818. The first-order valence-electron chi connectivity index (χ1n) is 5.64. The predicted octanol–water partition coefficient (Wildman–Crippen LogP) is -1.23. The molecule has 0 radical (unpaired) electrons. The molecule has 6 heteroatoms. The fourth-order valence-electron chi connectivity index (χ4n) is 1.70. The Hall–Kier alpha value is -0.500. The smallest absolute Gasteiger partial charge is 0.184 e. The van der Waals surface area contributed by atoms with Crippen LogP contribution in [0.25, 0.3) is 0 Å². The van der Waals surface area contributed by atoms with Crippen molar-refractivity contribution in [2.45, 2.75) is 43.5 Å². The molecule has 0 aromatic rings. The molecule has 0 bridgehead atoms. The van der Waals surface area contributed by atoms with E-state index in [0.29, 0.717) is 13.0 Å². The molecule has 5 atom stereocenters. The van der Waals surface area contributed by atoms with Gasteiger partial charge in [-0.3, -0.25) is 0 Å². The molecule has 1 saturated heterocycles. The van der Waals surface area contributed by atoms with Gasteiger partial charge in [0.15, 0.2) is 6.29 Å². The molecule has 1 heterocycles. The third-order valence-corrected chi connectivity index (χ3v) is 2.71. The molecule has 6 nitrogen and oxygen atoms in total. The molecule has 0 aromatic heterocycles. The Kier molecular flexibility index (Phi) is 6.04. The van der Waals surface area contributed by atoms with E-state index in [1.54, 1.807) is 6.08 Å². The molecule has 1 unspecified atom stereocenters. The highest BCUT2D eigenvalue weighted by Crippen LogP contribution is 2.22. The molecule has 0 aliphatic carbocycles. The molecule has 0 saturated carbocycles. The zero-order chi connectivity index (χ0) is 12.8. The summed E-state index contributed by atoms with van der Waals surface area (Å²) in [5, 5.41) is 37.7. The molecule has 1 aliphatic rings. The Labute approximate surface area is 100 Å². The number of hydrogen-bond acceptors (Lipinski definition) is 6. The Balaban J connectivity index is 2.45. The molecule has 4 N–H and O–H groups in total. The molecule has 0 amide bonds. The minimum atomic E-state index is -1.35. The number of aliphatic hydroxyl groups excluding tert-OH is 4. The molecule has 1 aliphatic heterocycles. The lowest BCUT2D eigenvalue weighted by Crippen LogP contribution is -2.59. The zero-order valence-corrected chi connectivity index (χ0v) is 9.60. The van der Waals surface area contributed by atoms with E-state index in [1.165, 1.54) is 0 Å². The maximum atomic E-state index is 9.72. The standard InChI is InChI=1S/C11H20O6/c1-2-3-4-5-16-10-9(14)8(13)7(6-12)17-11(10)15/h2,7-15H,1,3-6H2/t7-,8-,9+,10-,11?/m1/s1. The lowest BCUT2D eigenvalue weighted by Gasteiger charge is -2.39. The average Bonchev–Trinajstić information content (AvgIpc) is 2.32. The van der Waals surface area contributed by atoms with Gasteiger partial charge in [0.2, 0.25) is 0 Å². The maximum absolute atomic E-state index is 9.72. The topological polar surface area (TPSA) is 99.4 Å². The molecule has 17 heavy (non-hydrogen) atoms. The monoisotopic (exact) mass is 248 g/mol. The van der Waals surface area contributed by atoms with Gasteiger partial charge in [-0.1, -0.05) is 6.08 Å². The van der Waals surface area contributed by atoms with Crippen LogP contribution in [0.5, 0.6) is 0 Å². The first-order valence-corrected chi connectivity index (χ1v) is 5.64. The average molecular weight is 248 g/mol. The molecule has 0 aromatic carbocycles. The summed E-state index contributed by atoms with van der Waals surface area (Å²) in [6, 6.07) is 0. The van der Waals surface area contributed by atoms with E-state index in [4.69, 9.17) is 14.6 Å². The number of unbranched alkanes of at least 4 members (excludes halogenated alkanes) is 1. The molecule has 1 rings (SSSR count). The van der Waals surface area contributed by atoms with Crippen molar-refractivity contribution >= 4 is 0 Å². The van der Waals surface area contributed by atoms with Crippen molar-refractivity contribution < 1.29 is 29.9 Å². The van der Waals surface area contributed by atoms with Gasteiger partial charge >= 0.3 is 0 Å². The van der Waals surface area contributed by atoms with Crippen LogP contribution >= 0.6 is 0 Å². The SMILES string of the molecule is C=CCCCO[C@H]1C(O)O[C@H](CO)[C@@H](O)[C@@H]1O. The van der Waals surface area contributed by atoms with Crippen LogP contribution in [-0.2, 0) is 9.47 Å². The number of ether oxygens (including phenoxy) is 2. The van der Waals surface area contributed by atoms with Crippen LogP contribution in [0.2, 0.25) is 0 Å². The van der Waals surface area contributed by atoms with Crippen LogP contribution in [-0.4, -0.2) is 64.3 Å². The third kappa shape index (κ3) is 3.74. The fourth-order valence-corrected chi connectivity index (χ4v) is 1.70. The molecular weight excluding hydrogens is 228 g/mol. The van der Waals surface area contributed by atoms with E-state index in [-0.39, 0.29) is 0 Å². The van der Waals surface area contributed by atoms with E-state index in [0.717, 1.165) is 6.42 Å². The number of allylic oxidation sites excluding steroid dienone is 1. The Morgan fingerprint density at radius 2 is 1.94 bits per heavy atom. The van der Waals surface area contributed by atoms with Crippen LogP contribution in [0, 0.1) is 0 Å². The summed E-state index contributed by atoms with van der Waals surface area (Å²) in [7, 11) is 0. The molecule has 100 valence electrons. The second-order valence-corrected chi connectivity index (χ2v) is 4.00. The summed E-state index contributed by atoms with van der Waals surface area (Å²) < 4.78 is 10.2. The van der Waals surface area contributed by atoms with Crippen LogP contribution in [0.4, 0.5) is 0 Å². The van der Waals surface area contributed by atoms with Gasteiger partial charge in [0.25, 0.3) is 0 Å². The van der Waals surface area contributed by atoms with Gasteiger partial charge in [0, 0.05) is 6.61 Å². The van der Waals surface area contributed by atoms with Crippen molar-refractivity contribution in [3.63, 3.8) is 0 Å². The predicted molar refractivity (Wildman–Crippen MR) is 59.2 cm³/mol. The van der Waals surface area contributed by atoms with Crippen molar-refractivity contribution in [2.24, 2.45) is 0 Å². The van der Waals surface area contributed by atoms with E-state index in [9.17, 15) is 15.3 Å². The molecule has 1 fully saturated rings. The van der Waals surface area contributed by atoms with Crippen LogP contribution in [0.15, 0.2) is 12.7 Å². The second kappa shape index (κ2) is 7.05. The van der Waals surface area contributed by atoms with Crippen molar-refractivity contribution in [3.05, 3.63) is 12.7 Å². The second-order valence-electron chi connectivity index (χ2n) is 4.00. The van der Waals surface area contributed by atoms with Gasteiger partial charge in [-0.05, 0) is 12.8 Å². The van der Waals surface area contributed by atoms with Gasteiger partial charge in [0.1, 0.15) is 24.4 Å². The summed E-state index contributed by atoms with van der Waals surface area (Å²) in [6.45, 7) is 3.41. The normalized spacial score (nSPS) is 38.0. The summed E-state index contributed by atoms with van der Waals surface area (Å²) in [5.74, 6) is 0. The summed E-state index contributed by atoms with van der Waals surface area (Å²) >= 11 is 0. The Morgan fingerprint density at radius 1 is 1.24 bits per heavy atom. The van der Waals surface area contributed by atoms with E-state index >= 15 is 0 Å². The van der Waals surface area contributed by atoms with Crippen molar-refractivity contribution in [2.75, 3.05) is 13.2 Å². The Morgan fingerprint density at radius 3 is 2.53 bits per heavy atom. The van der Waals surface area contributed by atoms with E-state index in [2.05, 4.69) is 6.58 Å². The summed E-state index contributed by atoms with van der Waals surface area (Å²) in [4.78, 5) is 0. The first-order chi connectivity index (χ1) is 8.11. The number of hydrogen-bond donors (Lipinski definition) is 4. The lowest BCUT2D eigenvalue weighted by atomic mass is 9.99. The third-order valence-electron chi connectivity index (χ3n) is 2.71. The Bertz CT molecular complexity index is 234. The highest BCUT2D eigenvalue weighted by molar-refractivity contribution is 4.89. The quantitative estimate of drug-likeness (QED) is 0.347. The number of aliphatic hydroxyl groups is 4. The highest BCUT2D eigenvalue weighted by atomic mass is 16.7. The lowest BCUT2D eigenvalue weighted by molar-refractivity contribution is -0.296. The van der Waals surface area contributed by atoms with Gasteiger partial charge in [-0.15, -0.1) is 6.58 Å². The van der Waals surface area contributed by atoms with E-state index in [1.807, 2.05) is 0 Å². The van der Waals surface area contributed by atoms with Gasteiger partial charge < -0.3 is 29.9 Å². The van der Waals surface area contributed by atoms with Crippen molar-refractivity contribution in [1.82, 2.24) is 0 Å². The maximum Gasteiger partial charge on any atom is 0.184 e. The van der Waals surface area contributed by atoms with Crippen molar-refractivity contribution in [1.29, 1.82) is 0 Å². The summed E-state index contributed by atoms with van der Waals surface area (Å²) in [6.07, 6.45) is -2.68. The van der Waals surface area contributed by atoms with Crippen LogP contribution < -0.4 is 0 Å². The minimum Gasteiger partial charge on any atom is -0.394 e. The largest absolute Gasteiger partial charge is 0.394 e. The number of rotatable bonds is 6. The van der Waals surface area contributed by atoms with Crippen molar-refractivity contribution in [3.8, 4) is 0 Å². The van der Waals surface area contributed by atoms with Crippen LogP contribution in [0.3, 0.4) is 0 Å². The first kappa shape index (κ1) is 14.6. The zero-order valence-electron chi connectivity index (χ0n) is 9.60. The highest BCUT2D eigenvalue weighted by Gasteiger charge is 2.44.